The molecule has 0 aromatic carbocycles. The molecule has 0 fully saturated rings. The van der Waals surface area contributed by atoms with E-state index < -0.39 is 0 Å². The third-order valence-corrected chi connectivity index (χ3v) is 6.80. The molecule has 0 unspecified atom stereocenters. The fraction of sp³-hybridized carbons (Fsp3) is 0.636. The second kappa shape index (κ2) is 6.92. The van der Waals surface area contributed by atoms with Crippen molar-refractivity contribution >= 4 is 23.2 Å². The molecule has 0 amide bonds. The molecule has 2 heterocycles. The summed E-state index contributed by atoms with van der Waals surface area (Å²) in [5.41, 5.74) is 3.36. The summed E-state index contributed by atoms with van der Waals surface area (Å²) in [5, 5.41) is 20.2. The van der Waals surface area contributed by atoms with E-state index in [0.29, 0.717) is 10.3 Å². The van der Waals surface area contributed by atoms with Crippen LogP contribution in [-0.2, 0) is 21.7 Å². The predicted molar refractivity (Wildman–Crippen MR) is 115 cm³/mol. The number of halogens is 2. The molecule has 0 bridgehead atoms. The SMILES string of the molecule is CC1(C)CC(C)(C)c2c1[n+](O)cc[n+]2O.CC1(C)CC(C)(C)c2nc(Cl)c(Cl)nc21. The van der Waals surface area contributed by atoms with Crippen molar-refractivity contribution in [3.8, 4) is 0 Å². The maximum Gasteiger partial charge on any atom is 0.311 e. The Morgan fingerprint density at radius 2 is 0.967 bits per heavy atom. The Kier molecular flexibility index (Phi) is 5.31. The van der Waals surface area contributed by atoms with Crippen LogP contribution < -0.4 is 9.46 Å². The van der Waals surface area contributed by atoms with E-state index in [1.54, 1.807) is 0 Å². The van der Waals surface area contributed by atoms with Crippen molar-refractivity contribution < 1.29 is 19.9 Å². The van der Waals surface area contributed by atoms with Gasteiger partial charge in [0.25, 0.3) is 12.4 Å². The molecule has 0 saturated heterocycles. The summed E-state index contributed by atoms with van der Waals surface area (Å²) in [6, 6.07) is 0. The fourth-order valence-corrected chi connectivity index (χ4v) is 5.89. The molecule has 0 radical (unpaired) electrons. The van der Waals surface area contributed by atoms with E-state index in [-0.39, 0.29) is 21.7 Å². The third kappa shape index (κ3) is 3.73. The van der Waals surface area contributed by atoms with Crippen molar-refractivity contribution in [3.63, 3.8) is 0 Å². The van der Waals surface area contributed by atoms with Gasteiger partial charge in [0, 0.05) is 20.3 Å². The molecule has 2 aromatic rings. The van der Waals surface area contributed by atoms with Gasteiger partial charge in [-0.25, -0.2) is 9.97 Å². The zero-order chi connectivity index (χ0) is 22.9. The zero-order valence-corrected chi connectivity index (χ0v) is 20.5. The predicted octanol–water partition coefficient (Wildman–Crippen LogP) is 4.44. The van der Waals surface area contributed by atoms with Crippen LogP contribution in [-0.4, -0.2) is 20.4 Å². The molecule has 0 atom stereocenters. The number of hydrogen-bond acceptors (Lipinski definition) is 4. The second-order valence-electron chi connectivity index (χ2n) is 11.1. The highest BCUT2D eigenvalue weighted by Gasteiger charge is 2.57. The van der Waals surface area contributed by atoms with Gasteiger partial charge in [0.15, 0.2) is 10.3 Å². The Morgan fingerprint density at radius 3 is 1.30 bits per heavy atom. The number of nitrogens with zero attached hydrogens (tertiary/aromatic N) is 4. The number of fused-ring (bicyclic) bond motifs is 2. The van der Waals surface area contributed by atoms with Crippen LogP contribution in [0.5, 0.6) is 0 Å². The van der Waals surface area contributed by atoms with Crippen molar-refractivity contribution in [1.29, 1.82) is 0 Å². The van der Waals surface area contributed by atoms with Gasteiger partial charge in [0.2, 0.25) is 0 Å². The van der Waals surface area contributed by atoms with Crippen LogP contribution >= 0.6 is 23.2 Å². The van der Waals surface area contributed by atoms with Crippen LogP contribution in [0.1, 0.15) is 91.0 Å². The summed E-state index contributed by atoms with van der Waals surface area (Å²) in [5.74, 6) is 0. The van der Waals surface area contributed by atoms with Gasteiger partial charge in [-0.15, -0.1) is 0 Å². The Hall–Kier alpha value is -1.66. The summed E-state index contributed by atoms with van der Waals surface area (Å²) < 4.78 is 2.24. The maximum atomic E-state index is 9.82. The van der Waals surface area contributed by atoms with Crippen LogP contribution in [0.3, 0.4) is 0 Å². The van der Waals surface area contributed by atoms with E-state index in [1.165, 1.54) is 12.4 Å². The van der Waals surface area contributed by atoms with E-state index in [0.717, 1.165) is 45.1 Å². The quantitative estimate of drug-likeness (QED) is 0.455. The summed E-state index contributed by atoms with van der Waals surface area (Å²) in [4.78, 5) is 8.75. The topological polar surface area (TPSA) is 74.0 Å². The monoisotopic (exact) mass is 454 g/mol. The summed E-state index contributed by atoms with van der Waals surface area (Å²) in [7, 11) is 0. The van der Waals surface area contributed by atoms with Crippen LogP contribution in [0.2, 0.25) is 10.3 Å². The van der Waals surface area contributed by atoms with Crippen molar-refractivity contribution in [3.05, 3.63) is 45.5 Å². The molecular formula is C22H32Cl2N4O2+2. The van der Waals surface area contributed by atoms with E-state index in [4.69, 9.17) is 23.2 Å². The molecular weight excluding hydrogens is 423 g/mol. The lowest BCUT2D eigenvalue weighted by Crippen LogP contribution is -2.49. The molecule has 8 heteroatoms. The molecule has 164 valence electrons. The van der Waals surface area contributed by atoms with Crippen molar-refractivity contribution in [2.45, 2.75) is 89.9 Å². The number of hydrogen-bond donors (Lipinski definition) is 2. The van der Waals surface area contributed by atoms with E-state index in [9.17, 15) is 10.4 Å². The van der Waals surface area contributed by atoms with Crippen molar-refractivity contribution in [2.75, 3.05) is 0 Å². The molecule has 2 aliphatic carbocycles. The first-order valence-electron chi connectivity index (χ1n) is 10.1. The van der Waals surface area contributed by atoms with Gasteiger partial charge < -0.3 is 0 Å². The number of aromatic nitrogens is 4. The molecule has 30 heavy (non-hydrogen) atoms. The van der Waals surface area contributed by atoms with Gasteiger partial charge >= 0.3 is 11.4 Å². The van der Waals surface area contributed by atoms with E-state index in [2.05, 4.69) is 65.4 Å². The normalized spacial score (nSPS) is 21.4. The molecule has 6 nitrogen and oxygen atoms in total. The highest BCUT2D eigenvalue weighted by Crippen LogP contribution is 2.48. The van der Waals surface area contributed by atoms with Crippen LogP contribution in [0.25, 0.3) is 0 Å². The Balaban J connectivity index is 0.000000171. The van der Waals surface area contributed by atoms with E-state index >= 15 is 0 Å². The van der Waals surface area contributed by atoms with Gasteiger partial charge in [-0.05, 0) is 40.5 Å². The van der Waals surface area contributed by atoms with Crippen LogP contribution in [0, 0.1) is 0 Å². The molecule has 2 aromatic heterocycles. The molecule has 0 aliphatic heterocycles. The van der Waals surface area contributed by atoms with Gasteiger partial charge in [0.05, 0.1) is 22.2 Å². The first-order chi connectivity index (χ1) is 13.5. The molecule has 0 spiro atoms. The lowest BCUT2D eigenvalue weighted by atomic mass is 9.83. The smallest absolute Gasteiger partial charge is 0.284 e. The maximum absolute atomic E-state index is 9.82. The first kappa shape index (κ1) is 23.0. The third-order valence-electron chi connectivity index (χ3n) is 6.18. The fourth-order valence-electron chi connectivity index (χ4n) is 5.64. The van der Waals surface area contributed by atoms with Crippen LogP contribution in [0.15, 0.2) is 12.4 Å². The van der Waals surface area contributed by atoms with Crippen LogP contribution in [0.4, 0.5) is 0 Å². The van der Waals surface area contributed by atoms with Gasteiger partial charge in [-0.3, -0.25) is 10.4 Å². The van der Waals surface area contributed by atoms with Crippen molar-refractivity contribution in [1.82, 2.24) is 9.97 Å². The lowest BCUT2D eigenvalue weighted by molar-refractivity contribution is -0.954. The Morgan fingerprint density at radius 1 is 0.667 bits per heavy atom. The summed E-state index contributed by atoms with van der Waals surface area (Å²) in [6.07, 6.45) is 4.84. The Labute approximate surface area is 188 Å². The Bertz CT molecular complexity index is 939. The second-order valence-corrected chi connectivity index (χ2v) is 11.8. The zero-order valence-electron chi connectivity index (χ0n) is 19.0. The highest BCUT2D eigenvalue weighted by atomic mass is 35.5. The van der Waals surface area contributed by atoms with Gasteiger partial charge in [0.1, 0.15) is 0 Å². The minimum Gasteiger partial charge on any atom is -0.284 e. The lowest BCUT2D eigenvalue weighted by Gasteiger charge is -2.21. The van der Waals surface area contributed by atoms with Crippen molar-refractivity contribution in [2.24, 2.45) is 0 Å². The largest absolute Gasteiger partial charge is 0.311 e. The average Bonchev–Trinajstić information content (AvgIpc) is 2.87. The highest BCUT2D eigenvalue weighted by molar-refractivity contribution is 6.40. The molecule has 2 aliphatic rings. The minimum atomic E-state index is -0.126. The van der Waals surface area contributed by atoms with Gasteiger partial charge in [-0.2, -0.15) is 0 Å². The molecule has 2 N–H and O–H groups in total. The van der Waals surface area contributed by atoms with Gasteiger partial charge in [-0.1, -0.05) is 50.9 Å². The first-order valence-corrected chi connectivity index (χ1v) is 10.9. The standard InChI is InChI=1S/C11H14Cl2N2.C11H18N2O2/c1-10(2)5-11(3,4)7-6(10)14-8(12)9(13)15-7;1-10(2)7-11(3,4)9-8(10)12(14)5-6-13(9)15/h5H2,1-4H3;5-6,14-15H,7H2,1-4H3/q;+2. The average molecular weight is 455 g/mol. The number of rotatable bonds is 0. The summed E-state index contributed by atoms with van der Waals surface area (Å²) >= 11 is 11.8. The molecule has 4 rings (SSSR count). The summed E-state index contributed by atoms with van der Waals surface area (Å²) in [6.45, 7) is 17.0. The van der Waals surface area contributed by atoms with E-state index in [1.807, 2.05) is 0 Å². The molecule has 0 saturated carbocycles. The minimum absolute atomic E-state index is 0.0278.